The molecule has 0 saturated heterocycles. The van der Waals surface area contributed by atoms with Crippen LogP contribution < -0.4 is 25.4 Å². The predicted molar refractivity (Wildman–Crippen MR) is 177 cm³/mol. The SMILES string of the molecule is COc1ccc(/C=C(\NC(=O)c2ccccc2)C(=O)Nc2ccc(SC(C)C(=O)Nc3cc(Cl)ccc3Cl)cc2)cc1OC. The summed E-state index contributed by atoms with van der Waals surface area (Å²) < 4.78 is 10.7. The van der Waals surface area contributed by atoms with Crippen molar-refractivity contribution < 1.29 is 23.9 Å². The summed E-state index contributed by atoms with van der Waals surface area (Å²) in [6, 6.07) is 25.6. The fourth-order valence-electron chi connectivity index (χ4n) is 3.95. The lowest BCUT2D eigenvalue weighted by atomic mass is 10.1. The Bertz CT molecular complexity index is 1680. The minimum absolute atomic E-state index is 0.0227. The highest BCUT2D eigenvalue weighted by Crippen LogP contribution is 2.30. The summed E-state index contributed by atoms with van der Waals surface area (Å²) in [6.45, 7) is 1.77. The van der Waals surface area contributed by atoms with E-state index in [0.29, 0.717) is 44.0 Å². The van der Waals surface area contributed by atoms with Crippen LogP contribution in [0.5, 0.6) is 11.5 Å². The smallest absolute Gasteiger partial charge is 0.272 e. The zero-order valence-electron chi connectivity index (χ0n) is 24.0. The van der Waals surface area contributed by atoms with Crippen molar-refractivity contribution in [3.8, 4) is 11.5 Å². The molecule has 8 nitrogen and oxygen atoms in total. The first-order valence-electron chi connectivity index (χ1n) is 13.3. The number of methoxy groups -OCH3 is 2. The highest BCUT2D eigenvalue weighted by molar-refractivity contribution is 8.00. The van der Waals surface area contributed by atoms with Crippen LogP contribution in [0.1, 0.15) is 22.8 Å². The summed E-state index contributed by atoms with van der Waals surface area (Å²) in [5, 5.41) is 8.74. The number of carbonyl (C=O) groups excluding carboxylic acids is 3. The summed E-state index contributed by atoms with van der Waals surface area (Å²) in [7, 11) is 3.04. The van der Waals surface area contributed by atoms with Crippen molar-refractivity contribution in [3.63, 3.8) is 0 Å². The van der Waals surface area contributed by atoms with Crippen LogP contribution in [0.2, 0.25) is 10.0 Å². The molecule has 4 rings (SSSR count). The third-order valence-corrected chi connectivity index (χ3v) is 7.90. The second kappa shape index (κ2) is 15.3. The maximum atomic E-state index is 13.4. The normalized spacial score (nSPS) is 11.7. The van der Waals surface area contributed by atoms with Crippen LogP contribution in [0.25, 0.3) is 6.08 Å². The Labute approximate surface area is 269 Å². The number of amides is 3. The van der Waals surface area contributed by atoms with Gasteiger partial charge in [-0.05, 0) is 85.3 Å². The van der Waals surface area contributed by atoms with E-state index in [2.05, 4.69) is 16.0 Å². The van der Waals surface area contributed by atoms with Gasteiger partial charge in [-0.1, -0.05) is 47.5 Å². The van der Waals surface area contributed by atoms with Gasteiger partial charge in [-0.3, -0.25) is 14.4 Å². The molecule has 226 valence electrons. The Kier molecular flexibility index (Phi) is 11.3. The number of thioether (sulfide) groups is 1. The van der Waals surface area contributed by atoms with E-state index in [1.807, 2.05) is 0 Å². The molecule has 0 spiro atoms. The number of hydrogen-bond donors (Lipinski definition) is 3. The van der Waals surface area contributed by atoms with Crippen molar-refractivity contribution in [1.82, 2.24) is 5.32 Å². The van der Waals surface area contributed by atoms with Gasteiger partial charge in [0.05, 0.1) is 30.2 Å². The molecule has 0 aliphatic heterocycles. The Morgan fingerprint density at radius 3 is 2.20 bits per heavy atom. The molecule has 0 bridgehead atoms. The standard InChI is InChI=1S/C33H29Cl2N3O5S/c1-20(31(39)37-27-19-23(34)10-15-26(27)35)44-25-13-11-24(12-14-25)36-33(41)28(38-32(40)22-7-5-4-6-8-22)17-21-9-16-29(42-2)30(18-21)43-3/h4-20H,1-3H3,(H,36,41)(H,37,39)(H,38,40)/b28-17-. The lowest BCUT2D eigenvalue weighted by molar-refractivity contribution is -0.115. The number of anilines is 2. The van der Waals surface area contributed by atoms with E-state index in [-0.39, 0.29) is 11.6 Å². The van der Waals surface area contributed by atoms with Crippen LogP contribution in [0.15, 0.2) is 102 Å². The van der Waals surface area contributed by atoms with Crippen molar-refractivity contribution in [1.29, 1.82) is 0 Å². The lowest BCUT2D eigenvalue weighted by Gasteiger charge is -2.14. The highest BCUT2D eigenvalue weighted by Gasteiger charge is 2.18. The summed E-state index contributed by atoms with van der Waals surface area (Å²) in [5.74, 6) is -0.208. The molecular weight excluding hydrogens is 621 g/mol. The van der Waals surface area contributed by atoms with Gasteiger partial charge in [0.2, 0.25) is 5.91 Å². The van der Waals surface area contributed by atoms with E-state index in [9.17, 15) is 14.4 Å². The van der Waals surface area contributed by atoms with Gasteiger partial charge in [0, 0.05) is 21.2 Å². The monoisotopic (exact) mass is 649 g/mol. The number of carbonyl (C=O) groups is 3. The average Bonchev–Trinajstić information content (AvgIpc) is 3.03. The second-order valence-electron chi connectivity index (χ2n) is 9.34. The molecule has 0 aliphatic carbocycles. The molecule has 0 radical (unpaired) electrons. The van der Waals surface area contributed by atoms with Crippen LogP contribution >= 0.6 is 35.0 Å². The summed E-state index contributed by atoms with van der Waals surface area (Å²) in [5.41, 5.74) is 1.96. The molecular formula is C33H29Cl2N3O5S. The van der Waals surface area contributed by atoms with Gasteiger partial charge in [0.1, 0.15) is 5.70 Å². The molecule has 0 fully saturated rings. The molecule has 0 heterocycles. The molecule has 0 aliphatic rings. The summed E-state index contributed by atoms with van der Waals surface area (Å²) in [6.07, 6.45) is 1.55. The Morgan fingerprint density at radius 1 is 0.818 bits per heavy atom. The molecule has 0 aromatic heterocycles. The first kappa shape index (κ1) is 32.5. The van der Waals surface area contributed by atoms with Crippen molar-refractivity contribution in [2.24, 2.45) is 0 Å². The Hall–Kier alpha value is -4.44. The zero-order valence-corrected chi connectivity index (χ0v) is 26.3. The van der Waals surface area contributed by atoms with Crippen molar-refractivity contribution in [3.05, 3.63) is 118 Å². The Balaban J connectivity index is 1.47. The first-order valence-corrected chi connectivity index (χ1v) is 14.9. The number of benzene rings is 4. The first-order chi connectivity index (χ1) is 21.2. The van der Waals surface area contributed by atoms with Gasteiger partial charge in [-0.15, -0.1) is 11.8 Å². The van der Waals surface area contributed by atoms with Crippen LogP contribution in [0, 0.1) is 0 Å². The van der Waals surface area contributed by atoms with E-state index in [0.717, 1.165) is 4.90 Å². The van der Waals surface area contributed by atoms with Crippen LogP contribution in [0.3, 0.4) is 0 Å². The third-order valence-electron chi connectivity index (χ3n) is 6.23. The van der Waals surface area contributed by atoms with Crippen LogP contribution in [-0.4, -0.2) is 37.2 Å². The molecule has 1 unspecified atom stereocenters. The topological polar surface area (TPSA) is 106 Å². The van der Waals surface area contributed by atoms with Gasteiger partial charge < -0.3 is 25.4 Å². The van der Waals surface area contributed by atoms with Crippen molar-refractivity contribution in [2.45, 2.75) is 17.1 Å². The largest absolute Gasteiger partial charge is 0.493 e. The predicted octanol–water partition coefficient (Wildman–Crippen LogP) is 7.54. The second-order valence-corrected chi connectivity index (χ2v) is 11.6. The molecule has 3 amide bonds. The summed E-state index contributed by atoms with van der Waals surface area (Å²) in [4.78, 5) is 39.9. The molecule has 0 saturated carbocycles. The highest BCUT2D eigenvalue weighted by atomic mass is 35.5. The molecule has 1 atom stereocenters. The van der Waals surface area contributed by atoms with E-state index >= 15 is 0 Å². The van der Waals surface area contributed by atoms with Gasteiger partial charge in [0.15, 0.2) is 11.5 Å². The maximum Gasteiger partial charge on any atom is 0.272 e. The van der Waals surface area contributed by atoms with E-state index < -0.39 is 17.1 Å². The van der Waals surface area contributed by atoms with E-state index in [1.54, 1.807) is 104 Å². The number of rotatable bonds is 11. The van der Waals surface area contributed by atoms with Gasteiger partial charge in [-0.2, -0.15) is 0 Å². The number of ether oxygens (including phenoxy) is 2. The number of hydrogen-bond acceptors (Lipinski definition) is 6. The molecule has 11 heteroatoms. The lowest BCUT2D eigenvalue weighted by Crippen LogP contribution is -2.30. The maximum absolute atomic E-state index is 13.4. The minimum atomic E-state index is -0.532. The van der Waals surface area contributed by atoms with Crippen molar-refractivity contribution >= 4 is 70.1 Å². The van der Waals surface area contributed by atoms with Crippen LogP contribution in [0.4, 0.5) is 11.4 Å². The molecule has 44 heavy (non-hydrogen) atoms. The number of halogens is 2. The van der Waals surface area contributed by atoms with Gasteiger partial charge >= 0.3 is 0 Å². The average molecular weight is 651 g/mol. The van der Waals surface area contributed by atoms with Crippen LogP contribution in [-0.2, 0) is 9.59 Å². The van der Waals surface area contributed by atoms with Gasteiger partial charge in [0.25, 0.3) is 11.8 Å². The van der Waals surface area contributed by atoms with E-state index in [1.165, 1.54) is 26.0 Å². The molecule has 3 N–H and O–H groups in total. The third kappa shape index (κ3) is 8.79. The quantitative estimate of drug-likeness (QED) is 0.114. The zero-order chi connectivity index (χ0) is 31.6. The van der Waals surface area contributed by atoms with Gasteiger partial charge in [-0.25, -0.2) is 0 Å². The molecule has 4 aromatic rings. The Morgan fingerprint density at radius 2 is 1.52 bits per heavy atom. The molecule has 4 aromatic carbocycles. The fourth-order valence-corrected chi connectivity index (χ4v) is 5.16. The fraction of sp³-hybridized carbons (Fsp3) is 0.121. The summed E-state index contributed by atoms with van der Waals surface area (Å²) >= 11 is 13.5. The minimum Gasteiger partial charge on any atom is -0.493 e. The van der Waals surface area contributed by atoms with E-state index in [4.69, 9.17) is 32.7 Å². The van der Waals surface area contributed by atoms with Crippen molar-refractivity contribution in [2.75, 3.05) is 24.9 Å². The number of nitrogens with one attached hydrogen (secondary N) is 3.